The van der Waals surface area contributed by atoms with Crippen LogP contribution in [0.5, 0.6) is 0 Å². The van der Waals surface area contributed by atoms with E-state index in [1.54, 1.807) is 0 Å². The Morgan fingerprint density at radius 1 is 0.647 bits per heavy atom. The van der Waals surface area contributed by atoms with E-state index in [1.165, 1.54) is 0 Å². The number of cyclic esters (lactones) is 6. The van der Waals surface area contributed by atoms with E-state index in [0.717, 1.165) is 31.4 Å². The Balaban J connectivity index is 0.000000129. The first kappa shape index (κ1) is 36.8. The molecule has 3 aliphatic heterocycles. The molecule has 16 heteroatoms. The third-order valence-corrected chi connectivity index (χ3v) is 9.98. The van der Waals surface area contributed by atoms with E-state index in [2.05, 4.69) is 48.0 Å². The molecule has 3 saturated carbocycles. The standard InChI is InChI=1S/2C9H8O3.C8H10O7.C5H6.C4H2O3/c2*10-8-6-4-1-2-5(3-4)7(6)9(11)12-8;9-2-14-5-1-4(8(12)13)6(11)7(5)15-3-10;1-2-4-5-3-1;5-3-1-2-4(6)7-3/h2*1-2,4-7H,3H2;2-7,11H,1H2,(H,12,13);1-4H,5H2;1-2H. The van der Waals surface area contributed by atoms with Gasteiger partial charge in [0.05, 0.1) is 29.6 Å². The van der Waals surface area contributed by atoms with E-state index in [4.69, 9.17) is 5.11 Å². The Morgan fingerprint density at radius 2 is 1.06 bits per heavy atom. The van der Waals surface area contributed by atoms with Crippen LogP contribution in [0.2, 0.25) is 0 Å². The van der Waals surface area contributed by atoms with Gasteiger partial charge >= 0.3 is 41.8 Å². The van der Waals surface area contributed by atoms with E-state index in [1.807, 2.05) is 24.3 Å². The van der Waals surface area contributed by atoms with E-state index in [9.17, 15) is 48.3 Å². The summed E-state index contributed by atoms with van der Waals surface area (Å²) in [6.07, 6.45) is 18.3. The highest BCUT2D eigenvalue weighted by molar-refractivity contribution is 6.05. The lowest BCUT2D eigenvalue weighted by Gasteiger charge is -2.18. The van der Waals surface area contributed by atoms with Crippen molar-refractivity contribution in [3.05, 3.63) is 60.8 Å². The Labute approximate surface area is 289 Å². The van der Waals surface area contributed by atoms with Gasteiger partial charge in [0.25, 0.3) is 12.9 Å². The molecule has 5 fully saturated rings. The molecule has 9 aliphatic rings. The van der Waals surface area contributed by atoms with Crippen LogP contribution in [0.15, 0.2) is 60.8 Å². The molecular formula is C35H34O16. The average molecular weight is 711 g/mol. The van der Waals surface area contributed by atoms with Crippen molar-refractivity contribution in [2.75, 3.05) is 0 Å². The van der Waals surface area contributed by atoms with Crippen LogP contribution in [0.3, 0.4) is 0 Å². The SMILES string of the molecule is C1=CCC=C1.O=C1C=CC(=O)O1.O=C1OC(=O)C2C3C=CC(C3)C12.O=C1OC(=O)C2C3C=CC(C3)C12.O=COC1CC(C(=O)O)C(O)C1OC=O. The van der Waals surface area contributed by atoms with E-state index >= 15 is 0 Å². The summed E-state index contributed by atoms with van der Waals surface area (Å²) in [7, 11) is 0. The van der Waals surface area contributed by atoms with Gasteiger partial charge in [-0.25, -0.2) is 9.59 Å². The molecule has 2 N–H and O–H groups in total. The van der Waals surface area contributed by atoms with Crippen LogP contribution in [0.1, 0.15) is 25.7 Å². The summed E-state index contributed by atoms with van der Waals surface area (Å²) in [5.74, 6) is -4.17. The highest BCUT2D eigenvalue weighted by Gasteiger charge is 2.59. The molecule has 0 aromatic rings. The van der Waals surface area contributed by atoms with Gasteiger partial charge in [-0.15, -0.1) is 0 Å². The topological polar surface area (TPSA) is 240 Å². The molecule has 2 saturated heterocycles. The molecule has 0 radical (unpaired) electrons. The van der Waals surface area contributed by atoms with Gasteiger partial charge in [-0.1, -0.05) is 48.6 Å². The summed E-state index contributed by atoms with van der Waals surface area (Å²) >= 11 is 0. The van der Waals surface area contributed by atoms with Crippen molar-refractivity contribution < 1.29 is 77.0 Å². The summed E-state index contributed by atoms with van der Waals surface area (Å²) in [6, 6.07) is 0. The highest BCUT2D eigenvalue weighted by atomic mass is 16.6. The van der Waals surface area contributed by atoms with Gasteiger partial charge in [0.2, 0.25) is 0 Å². The van der Waals surface area contributed by atoms with Crippen LogP contribution >= 0.6 is 0 Å². The lowest BCUT2D eigenvalue weighted by atomic mass is 9.85. The monoisotopic (exact) mass is 710 g/mol. The number of carboxylic acid groups (broad SMARTS) is 1. The van der Waals surface area contributed by atoms with Gasteiger partial charge in [0.1, 0.15) is 12.2 Å². The Kier molecular flexibility index (Phi) is 11.5. The van der Waals surface area contributed by atoms with Crippen molar-refractivity contribution in [1.82, 2.24) is 0 Å². The van der Waals surface area contributed by atoms with Crippen LogP contribution in [0.25, 0.3) is 0 Å². The lowest BCUT2D eigenvalue weighted by Crippen LogP contribution is -2.36. The molecule has 0 aromatic carbocycles. The normalized spacial score (nSPS) is 37.0. The number of ether oxygens (including phenoxy) is 5. The number of aliphatic hydroxyl groups excluding tert-OH is 1. The third-order valence-electron chi connectivity index (χ3n) is 9.98. The van der Waals surface area contributed by atoms with E-state index in [0.29, 0.717) is 0 Å². The molecule has 3 heterocycles. The molecule has 12 atom stereocenters. The van der Waals surface area contributed by atoms with Gasteiger partial charge in [-0.3, -0.25) is 33.6 Å². The number of aliphatic carboxylic acids is 1. The van der Waals surface area contributed by atoms with Crippen molar-refractivity contribution in [3.63, 3.8) is 0 Å². The van der Waals surface area contributed by atoms with Gasteiger partial charge in [0.15, 0.2) is 6.10 Å². The molecule has 12 unspecified atom stereocenters. The summed E-state index contributed by atoms with van der Waals surface area (Å²) in [5, 5.41) is 18.2. The van der Waals surface area contributed by atoms with Crippen LogP contribution < -0.4 is 0 Å². The van der Waals surface area contributed by atoms with Gasteiger partial charge in [-0.05, 0) is 42.9 Å². The number of fused-ring (bicyclic) bond motifs is 10. The van der Waals surface area contributed by atoms with Crippen molar-refractivity contribution >= 4 is 54.7 Å². The van der Waals surface area contributed by atoms with E-state index in [-0.39, 0.29) is 90.6 Å². The van der Waals surface area contributed by atoms with E-state index < -0.39 is 42.1 Å². The second-order valence-corrected chi connectivity index (χ2v) is 12.8. The average Bonchev–Trinajstić information content (AvgIpc) is 3.93. The maximum atomic E-state index is 11.2. The summed E-state index contributed by atoms with van der Waals surface area (Å²) < 4.78 is 22.2. The van der Waals surface area contributed by atoms with Gasteiger partial charge in [0, 0.05) is 18.6 Å². The number of esters is 6. The quantitative estimate of drug-likeness (QED) is 0.131. The van der Waals surface area contributed by atoms with Crippen molar-refractivity contribution in [2.24, 2.45) is 53.3 Å². The lowest BCUT2D eigenvalue weighted by molar-refractivity contribution is -0.156. The molecule has 0 amide bonds. The van der Waals surface area contributed by atoms with Crippen LogP contribution in [0, 0.1) is 53.3 Å². The second kappa shape index (κ2) is 16.0. The molecule has 51 heavy (non-hydrogen) atoms. The first-order valence-corrected chi connectivity index (χ1v) is 16.2. The fraction of sp³-hybridized carbons (Fsp3) is 0.457. The Morgan fingerprint density at radius 3 is 1.35 bits per heavy atom. The number of hydrogen-bond donors (Lipinski definition) is 2. The Hall–Kier alpha value is -5.51. The third kappa shape index (κ3) is 7.95. The predicted octanol–water partition coefficient (Wildman–Crippen LogP) is 0.680. The maximum absolute atomic E-state index is 11.2. The maximum Gasteiger partial charge on any atom is 0.338 e. The number of aliphatic hydroxyl groups is 1. The molecule has 0 spiro atoms. The zero-order chi connectivity index (χ0) is 36.8. The fourth-order valence-electron chi connectivity index (χ4n) is 7.75. The number of rotatable bonds is 5. The minimum atomic E-state index is -1.36. The molecular weight excluding hydrogens is 676 g/mol. The fourth-order valence-corrected chi connectivity index (χ4v) is 7.75. The summed E-state index contributed by atoms with van der Waals surface area (Å²) in [5.41, 5.74) is 0. The zero-order valence-corrected chi connectivity index (χ0v) is 26.8. The van der Waals surface area contributed by atoms with Crippen LogP contribution in [-0.2, 0) is 66.8 Å². The predicted molar refractivity (Wildman–Crippen MR) is 164 cm³/mol. The molecule has 9 rings (SSSR count). The number of carboxylic acids is 1. The summed E-state index contributed by atoms with van der Waals surface area (Å²) in [6.45, 7) is 0.210. The molecule has 0 aromatic heterocycles. The van der Waals surface area contributed by atoms with Crippen molar-refractivity contribution in [3.8, 4) is 0 Å². The number of carbonyl (C=O) groups excluding carboxylic acids is 8. The molecule has 4 bridgehead atoms. The minimum absolute atomic E-state index is 0.0756. The first-order valence-electron chi connectivity index (χ1n) is 16.2. The first-order chi connectivity index (χ1) is 24.4. The van der Waals surface area contributed by atoms with Crippen molar-refractivity contribution in [2.45, 2.75) is 44.0 Å². The number of hydrogen-bond acceptors (Lipinski definition) is 15. The smallest absolute Gasteiger partial charge is 0.338 e. The van der Waals surface area contributed by atoms with Crippen molar-refractivity contribution in [1.29, 1.82) is 0 Å². The van der Waals surface area contributed by atoms with Gasteiger partial charge < -0.3 is 33.9 Å². The number of allylic oxidation sites excluding steroid dienone is 8. The van der Waals surface area contributed by atoms with Crippen LogP contribution in [-0.4, -0.2) is 83.3 Å². The largest absolute Gasteiger partial charge is 0.481 e. The number of carbonyl (C=O) groups is 9. The molecule has 270 valence electrons. The van der Waals surface area contributed by atoms with Gasteiger partial charge in [-0.2, -0.15) is 0 Å². The Bertz CT molecular complexity index is 1470. The second-order valence-electron chi connectivity index (χ2n) is 12.8. The highest BCUT2D eigenvalue weighted by Crippen LogP contribution is 2.52. The minimum Gasteiger partial charge on any atom is -0.481 e. The molecule has 6 aliphatic carbocycles. The summed E-state index contributed by atoms with van der Waals surface area (Å²) in [4.78, 5) is 95.4. The zero-order valence-electron chi connectivity index (χ0n) is 26.8. The van der Waals surface area contributed by atoms with Crippen LogP contribution in [0.4, 0.5) is 0 Å². The molecule has 16 nitrogen and oxygen atoms in total.